The van der Waals surface area contributed by atoms with Crippen molar-refractivity contribution in [2.24, 2.45) is 0 Å². The fourth-order valence-electron chi connectivity index (χ4n) is 3.18. The van der Waals surface area contributed by atoms with Crippen LogP contribution in [0.5, 0.6) is 0 Å². The Bertz CT molecular complexity index is 507. The van der Waals surface area contributed by atoms with Crippen LogP contribution in [-0.2, 0) is 0 Å². The Labute approximate surface area is 177 Å². The predicted molar refractivity (Wildman–Crippen MR) is 120 cm³/mol. The standard InChI is InChI=1S/C20H34N4O.2ClH/c1-3-5-15-24(4-2)19-9-7-18(8-10-19)20(25)22-11-6-14-23-16-12-21-13-17-23;;/h7-10,21H,3-6,11-17H2,1-2H3,(H,22,25);2*1H. The molecule has 1 aliphatic rings. The van der Waals surface area contributed by atoms with Crippen molar-refractivity contribution in [3.8, 4) is 0 Å². The summed E-state index contributed by atoms with van der Waals surface area (Å²) in [6.45, 7) is 12.6. The van der Waals surface area contributed by atoms with Crippen molar-refractivity contribution in [2.45, 2.75) is 33.1 Å². The summed E-state index contributed by atoms with van der Waals surface area (Å²) in [6.07, 6.45) is 3.40. The Morgan fingerprint density at radius 1 is 1.11 bits per heavy atom. The number of hydrogen-bond donors (Lipinski definition) is 2. The molecule has 2 rings (SSSR count). The molecule has 1 heterocycles. The summed E-state index contributed by atoms with van der Waals surface area (Å²) in [6, 6.07) is 8.01. The quantitative estimate of drug-likeness (QED) is 0.572. The molecule has 27 heavy (non-hydrogen) atoms. The lowest BCUT2D eigenvalue weighted by Gasteiger charge is -2.27. The van der Waals surface area contributed by atoms with Crippen molar-refractivity contribution in [2.75, 3.05) is 57.3 Å². The molecule has 1 aromatic carbocycles. The van der Waals surface area contributed by atoms with Gasteiger partial charge in [0.2, 0.25) is 0 Å². The van der Waals surface area contributed by atoms with Crippen molar-refractivity contribution >= 4 is 36.4 Å². The van der Waals surface area contributed by atoms with Crippen molar-refractivity contribution in [3.63, 3.8) is 0 Å². The van der Waals surface area contributed by atoms with Crippen LogP contribution in [0.15, 0.2) is 24.3 Å². The average molecular weight is 419 g/mol. The zero-order valence-corrected chi connectivity index (χ0v) is 18.3. The van der Waals surface area contributed by atoms with Crippen molar-refractivity contribution in [1.29, 1.82) is 0 Å². The van der Waals surface area contributed by atoms with E-state index in [2.05, 4.69) is 46.4 Å². The van der Waals surface area contributed by atoms with Gasteiger partial charge in [0.1, 0.15) is 0 Å². The number of carbonyl (C=O) groups is 1. The Hall–Kier alpha value is -1.01. The van der Waals surface area contributed by atoms with Crippen molar-refractivity contribution < 1.29 is 4.79 Å². The summed E-state index contributed by atoms with van der Waals surface area (Å²) in [5.74, 6) is 0.0310. The Balaban J connectivity index is 0.00000338. The number of hydrogen-bond acceptors (Lipinski definition) is 4. The molecule has 1 saturated heterocycles. The van der Waals surface area contributed by atoms with Gasteiger partial charge in [-0.2, -0.15) is 0 Å². The van der Waals surface area contributed by atoms with Gasteiger partial charge in [0, 0.05) is 57.1 Å². The van der Waals surface area contributed by atoms with E-state index < -0.39 is 0 Å². The first-order chi connectivity index (χ1) is 12.2. The molecular formula is C20H36Cl2N4O. The van der Waals surface area contributed by atoms with Gasteiger partial charge in [-0.1, -0.05) is 13.3 Å². The summed E-state index contributed by atoms with van der Waals surface area (Å²) in [7, 11) is 0. The van der Waals surface area contributed by atoms with Crippen LogP contribution in [-0.4, -0.2) is 63.2 Å². The number of amides is 1. The molecular weight excluding hydrogens is 383 g/mol. The molecule has 1 aromatic rings. The molecule has 1 fully saturated rings. The maximum Gasteiger partial charge on any atom is 0.251 e. The van der Waals surface area contributed by atoms with Gasteiger partial charge in [0.05, 0.1) is 0 Å². The highest BCUT2D eigenvalue weighted by Crippen LogP contribution is 2.16. The molecule has 0 atom stereocenters. The topological polar surface area (TPSA) is 47.6 Å². The van der Waals surface area contributed by atoms with E-state index in [1.807, 2.05) is 12.1 Å². The minimum atomic E-state index is 0. The maximum atomic E-state index is 12.3. The van der Waals surface area contributed by atoms with E-state index in [1.165, 1.54) is 18.5 Å². The SMILES string of the molecule is CCCCN(CC)c1ccc(C(=O)NCCCN2CCNCC2)cc1.Cl.Cl. The van der Waals surface area contributed by atoms with Gasteiger partial charge in [-0.25, -0.2) is 0 Å². The number of carbonyl (C=O) groups excluding carboxylic acids is 1. The number of halogens is 2. The summed E-state index contributed by atoms with van der Waals surface area (Å²) < 4.78 is 0. The average Bonchev–Trinajstić information content (AvgIpc) is 2.67. The number of piperazine rings is 1. The highest BCUT2D eigenvalue weighted by molar-refractivity contribution is 5.94. The van der Waals surface area contributed by atoms with Gasteiger partial charge >= 0.3 is 0 Å². The third kappa shape index (κ3) is 9.15. The minimum absolute atomic E-state index is 0. The van der Waals surface area contributed by atoms with E-state index in [0.29, 0.717) is 0 Å². The lowest BCUT2D eigenvalue weighted by atomic mass is 10.1. The van der Waals surface area contributed by atoms with Gasteiger partial charge in [-0.15, -0.1) is 24.8 Å². The summed E-state index contributed by atoms with van der Waals surface area (Å²) in [5, 5.41) is 6.40. The predicted octanol–water partition coefficient (Wildman–Crippen LogP) is 3.18. The van der Waals surface area contributed by atoms with E-state index in [9.17, 15) is 4.79 Å². The molecule has 7 heteroatoms. The van der Waals surface area contributed by atoms with Gasteiger partial charge in [0.25, 0.3) is 5.91 Å². The molecule has 2 N–H and O–H groups in total. The molecule has 5 nitrogen and oxygen atoms in total. The minimum Gasteiger partial charge on any atom is -0.372 e. The Kier molecular flexibility index (Phi) is 14.4. The fraction of sp³-hybridized carbons (Fsp3) is 0.650. The van der Waals surface area contributed by atoms with Gasteiger partial charge in [-0.05, 0) is 50.6 Å². The summed E-state index contributed by atoms with van der Waals surface area (Å²) >= 11 is 0. The van der Waals surface area contributed by atoms with E-state index in [-0.39, 0.29) is 30.7 Å². The van der Waals surface area contributed by atoms with Crippen LogP contribution in [0.3, 0.4) is 0 Å². The smallest absolute Gasteiger partial charge is 0.251 e. The molecule has 1 aliphatic heterocycles. The van der Waals surface area contributed by atoms with Crippen LogP contribution in [0.4, 0.5) is 5.69 Å². The number of rotatable bonds is 10. The van der Waals surface area contributed by atoms with Crippen LogP contribution < -0.4 is 15.5 Å². The first-order valence-corrected chi connectivity index (χ1v) is 9.81. The number of anilines is 1. The van der Waals surface area contributed by atoms with Crippen LogP contribution in [0, 0.1) is 0 Å². The van der Waals surface area contributed by atoms with Crippen LogP contribution in [0.2, 0.25) is 0 Å². The maximum absolute atomic E-state index is 12.3. The zero-order chi connectivity index (χ0) is 17.9. The van der Waals surface area contributed by atoms with E-state index in [0.717, 1.165) is 64.3 Å². The monoisotopic (exact) mass is 418 g/mol. The lowest BCUT2D eigenvalue weighted by molar-refractivity contribution is 0.0951. The van der Waals surface area contributed by atoms with Crippen molar-refractivity contribution in [1.82, 2.24) is 15.5 Å². The number of benzene rings is 1. The first kappa shape index (κ1) is 26.0. The molecule has 0 aliphatic carbocycles. The fourth-order valence-corrected chi connectivity index (χ4v) is 3.18. The normalized spacial score (nSPS) is 14.0. The van der Waals surface area contributed by atoms with Gasteiger partial charge < -0.3 is 20.4 Å². The molecule has 0 saturated carbocycles. The van der Waals surface area contributed by atoms with Crippen LogP contribution in [0.25, 0.3) is 0 Å². The Morgan fingerprint density at radius 3 is 2.37 bits per heavy atom. The third-order valence-electron chi connectivity index (χ3n) is 4.80. The van der Waals surface area contributed by atoms with Gasteiger partial charge in [-0.3, -0.25) is 4.79 Å². The first-order valence-electron chi connectivity index (χ1n) is 9.81. The van der Waals surface area contributed by atoms with Crippen LogP contribution in [0.1, 0.15) is 43.5 Å². The molecule has 156 valence electrons. The lowest BCUT2D eigenvalue weighted by Crippen LogP contribution is -2.44. The van der Waals surface area contributed by atoms with E-state index in [4.69, 9.17) is 0 Å². The highest BCUT2D eigenvalue weighted by Gasteiger charge is 2.10. The van der Waals surface area contributed by atoms with E-state index >= 15 is 0 Å². The molecule has 0 spiro atoms. The Morgan fingerprint density at radius 2 is 1.78 bits per heavy atom. The van der Waals surface area contributed by atoms with E-state index in [1.54, 1.807) is 0 Å². The second kappa shape index (κ2) is 15.0. The highest BCUT2D eigenvalue weighted by atomic mass is 35.5. The summed E-state index contributed by atoms with van der Waals surface area (Å²) in [5.41, 5.74) is 1.95. The second-order valence-corrected chi connectivity index (χ2v) is 6.68. The molecule has 0 radical (unpaired) electrons. The van der Waals surface area contributed by atoms with Gasteiger partial charge in [0.15, 0.2) is 0 Å². The molecule has 0 unspecified atom stereocenters. The number of unbranched alkanes of at least 4 members (excludes halogenated alkanes) is 1. The molecule has 0 bridgehead atoms. The number of nitrogens with one attached hydrogen (secondary N) is 2. The molecule has 0 aromatic heterocycles. The zero-order valence-electron chi connectivity index (χ0n) is 16.7. The van der Waals surface area contributed by atoms with Crippen LogP contribution >= 0.6 is 24.8 Å². The van der Waals surface area contributed by atoms with Crippen molar-refractivity contribution in [3.05, 3.63) is 29.8 Å². The number of nitrogens with zero attached hydrogens (tertiary/aromatic N) is 2. The largest absolute Gasteiger partial charge is 0.372 e. The molecule has 1 amide bonds. The third-order valence-corrected chi connectivity index (χ3v) is 4.80. The summed E-state index contributed by atoms with van der Waals surface area (Å²) in [4.78, 5) is 17.1. The second-order valence-electron chi connectivity index (χ2n) is 6.68.